The van der Waals surface area contributed by atoms with Crippen LogP contribution in [0.3, 0.4) is 0 Å². The highest BCUT2D eigenvalue weighted by molar-refractivity contribution is 7.71. The molecule has 0 aliphatic heterocycles. The fourth-order valence-electron chi connectivity index (χ4n) is 2.77. The number of para-hydroxylation sites is 1. The van der Waals surface area contributed by atoms with E-state index in [2.05, 4.69) is 10.3 Å². The predicted octanol–water partition coefficient (Wildman–Crippen LogP) is 4.14. The minimum absolute atomic E-state index is 0.156. The van der Waals surface area contributed by atoms with E-state index in [-0.39, 0.29) is 17.9 Å². The van der Waals surface area contributed by atoms with Crippen molar-refractivity contribution in [1.29, 1.82) is 0 Å². The fourth-order valence-corrected chi connectivity index (χ4v) is 3.31. The zero-order chi connectivity index (χ0) is 19.4. The smallest absolute Gasteiger partial charge is 0.262 e. The minimum Gasteiger partial charge on any atom is -0.495 e. The van der Waals surface area contributed by atoms with Crippen LogP contribution in [0.2, 0.25) is 5.02 Å². The average molecular weight is 404 g/mol. The first-order valence-corrected chi connectivity index (χ1v) is 9.13. The topological polar surface area (TPSA) is 76.1 Å². The lowest BCUT2D eigenvalue weighted by Crippen LogP contribution is -2.23. The van der Waals surface area contributed by atoms with E-state index in [9.17, 15) is 9.59 Å². The Morgan fingerprint density at radius 3 is 2.81 bits per heavy atom. The highest BCUT2D eigenvalue weighted by Gasteiger charge is 2.08. The quantitative estimate of drug-likeness (QED) is 0.606. The molecule has 3 rings (SSSR count). The van der Waals surface area contributed by atoms with Crippen LogP contribution in [0.1, 0.15) is 12.8 Å². The lowest BCUT2D eigenvalue weighted by atomic mass is 10.2. The van der Waals surface area contributed by atoms with Crippen molar-refractivity contribution in [2.45, 2.75) is 19.4 Å². The van der Waals surface area contributed by atoms with Crippen molar-refractivity contribution in [3.8, 4) is 5.75 Å². The number of carbonyl (C=O) groups excluding carboxylic acids is 1. The van der Waals surface area contributed by atoms with Gasteiger partial charge in [0.25, 0.3) is 5.56 Å². The SMILES string of the molecule is COc1ccc(NC(=O)CCCn2c(=S)[nH]c3ccccc3c2=O)cc1Cl. The predicted molar refractivity (Wildman–Crippen MR) is 109 cm³/mol. The van der Waals surface area contributed by atoms with E-state index in [1.807, 2.05) is 12.1 Å². The van der Waals surface area contributed by atoms with Crippen molar-refractivity contribution in [1.82, 2.24) is 9.55 Å². The lowest BCUT2D eigenvalue weighted by molar-refractivity contribution is -0.116. The Bertz CT molecular complexity index is 1110. The van der Waals surface area contributed by atoms with Crippen LogP contribution in [0.4, 0.5) is 5.69 Å². The number of carbonyl (C=O) groups is 1. The number of amides is 1. The highest BCUT2D eigenvalue weighted by atomic mass is 35.5. The summed E-state index contributed by atoms with van der Waals surface area (Å²) >= 11 is 11.3. The van der Waals surface area contributed by atoms with Crippen LogP contribution >= 0.6 is 23.8 Å². The summed E-state index contributed by atoms with van der Waals surface area (Å²) in [4.78, 5) is 27.8. The molecule has 0 aliphatic rings. The van der Waals surface area contributed by atoms with Gasteiger partial charge in [-0.05, 0) is 49.0 Å². The minimum atomic E-state index is -0.167. The molecule has 1 amide bonds. The largest absolute Gasteiger partial charge is 0.495 e. The second kappa shape index (κ2) is 8.37. The molecule has 0 unspecified atom stereocenters. The number of halogens is 1. The molecular weight excluding hydrogens is 386 g/mol. The number of aromatic nitrogens is 2. The number of ether oxygens (including phenoxy) is 1. The van der Waals surface area contributed by atoms with Crippen molar-refractivity contribution < 1.29 is 9.53 Å². The molecule has 0 atom stereocenters. The summed E-state index contributed by atoms with van der Waals surface area (Å²) in [5.41, 5.74) is 1.14. The number of aromatic amines is 1. The molecule has 3 aromatic rings. The van der Waals surface area contributed by atoms with Crippen LogP contribution < -0.4 is 15.6 Å². The Labute approximate surface area is 165 Å². The van der Waals surface area contributed by atoms with Gasteiger partial charge in [-0.3, -0.25) is 14.2 Å². The van der Waals surface area contributed by atoms with Crippen LogP contribution in [0.5, 0.6) is 5.75 Å². The summed E-state index contributed by atoms with van der Waals surface area (Å²) < 4.78 is 6.91. The maximum absolute atomic E-state index is 12.6. The Kier molecular flexibility index (Phi) is 5.93. The van der Waals surface area contributed by atoms with E-state index in [1.165, 1.54) is 11.7 Å². The van der Waals surface area contributed by atoms with Crippen LogP contribution in [0, 0.1) is 4.77 Å². The first kappa shape index (κ1) is 19.1. The third kappa shape index (κ3) is 4.37. The number of nitrogens with one attached hydrogen (secondary N) is 2. The molecule has 6 nitrogen and oxygen atoms in total. The Morgan fingerprint density at radius 2 is 2.07 bits per heavy atom. The lowest BCUT2D eigenvalue weighted by Gasteiger charge is -2.09. The molecule has 27 heavy (non-hydrogen) atoms. The molecule has 0 bridgehead atoms. The molecule has 2 aromatic carbocycles. The van der Waals surface area contributed by atoms with Gasteiger partial charge in [-0.25, -0.2) is 0 Å². The molecule has 0 radical (unpaired) electrons. The van der Waals surface area contributed by atoms with Crippen molar-refractivity contribution in [3.63, 3.8) is 0 Å². The third-order valence-corrected chi connectivity index (χ3v) is 4.73. The molecule has 0 aliphatic carbocycles. The van der Waals surface area contributed by atoms with Gasteiger partial charge in [0.05, 0.1) is 23.0 Å². The molecule has 0 saturated heterocycles. The molecule has 0 fully saturated rings. The van der Waals surface area contributed by atoms with Crippen LogP contribution in [0.15, 0.2) is 47.3 Å². The van der Waals surface area contributed by atoms with E-state index in [1.54, 1.807) is 30.3 Å². The van der Waals surface area contributed by atoms with Gasteiger partial charge in [-0.2, -0.15) is 0 Å². The summed E-state index contributed by atoms with van der Waals surface area (Å²) in [6.45, 7) is 0.357. The molecule has 0 spiro atoms. The number of methoxy groups -OCH3 is 1. The number of anilines is 1. The van der Waals surface area contributed by atoms with Crippen LogP contribution in [-0.4, -0.2) is 22.6 Å². The van der Waals surface area contributed by atoms with E-state index in [0.717, 1.165) is 0 Å². The second-order valence-electron chi connectivity index (χ2n) is 5.93. The van der Waals surface area contributed by atoms with Crippen molar-refractivity contribution in [3.05, 3.63) is 62.6 Å². The Hall–Kier alpha value is -2.64. The van der Waals surface area contributed by atoms with Crippen molar-refractivity contribution >= 4 is 46.3 Å². The maximum Gasteiger partial charge on any atom is 0.262 e. The van der Waals surface area contributed by atoms with E-state index in [0.29, 0.717) is 45.1 Å². The number of benzene rings is 2. The van der Waals surface area contributed by atoms with Crippen LogP contribution in [0.25, 0.3) is 10.9 Å². The van der Waals surface area contributed by atoms with Gasteiger partial charge in [-0.15, -0.1) is 0 Å². The summed E-state index contributed by atoms with van der Waals surface area (Å²) in [6, 6.07) is 12.2. The van der Waals surface area contributed by atoms with Crippen LogP contribution in [-0.2, 0) is 11.3 Å². The molecule has 1 aromatic heterocycles. The zero-order valence-corrected chi connectivity index (χ0v) is 16.2. The standard InChI is InChI=1S/C19H18ClN3O3S/c1-26-16-9-8-12(11-14(16)20)21-17(24)7-4-10-23-18(25)13-5-2-3-6-15(13)22-19(23)27/h2-3,5-6,8-9,11H,4,7,10H2,1H3,(H,21,24)(H,22,27). The fraction of sp³-hybridized carbons (Fsp3) is 0.211. The van der Waals surface area contributed by atoms with Crippen molar-refractivity contribution in [2.75, 3.05) is 12.4 Å². The molecule has 1 heterocycles. The van der Waals surface area contributed by atoms with Gasteiger partial charge in [0.2, 0.25) is 5.91 Å². The molecule has 2 N–H and O–H groups in total. The summed E-state index contributed by atoms with van der Waals surface area (Å²) in [7, 11) is 1.53. The molecule has 8 heteroatoms. The Balaban J connectivity index is 1.64. The normalized spacial score (nSPS) is 10.7. The summed E-state index contributed by atoms with van der Waals surface area (Å²) in [5.74, 6) is 0.375. The van der Waals surface area contributed by atoms with E-state index < -0.39 is 0 Å². The third-order valence-electron chi connectivity index (χ3n) is 4.11. The van der Waals surface area contributed by atoms with E-state index in [4.69, 9.17) is 28.6 Å². The molecule has 140 valence electrons. The van der Waals surface area contributed by atoms with Crippen molar-refractivity contribution in [2.24, 2.45) is 0 Å². The number of nitrogens with zero attached hydrogens (tertiary/aromatic N) is 1. The molecular formula is C19H18ClN3O3S. The van der Waals surface area contributed by atoms with Gasteiger partial charge in [0.1, 0.15) is 5.75 Å². The second-order valence-corrected chi connectivity index (χ2v) is 6.73. The van der Waals surface area contributed by atoms with Gasteiger partial charge < -0.3 is 15.0 Å². The van der Waals surface area contributed by atoms with Gasteiger partial charge in [-0.1, -0.05) is 23.7 Å². The Morgan fingerprint density at radius 1 is 1.30 bits per heavy atom. The van der Waals surface area contributed by atoms with Gasteiger partial charge >= 0.3 is 0 Å². The number of fused-ring (bicyclic) bond motifs is 1. The summed E-state index contributed by atoms with van der Waals surface area (Å²) in [6.07, 6.45) is 0.725. The number of H-pyrrole nitrogens is 1. The van der Waals surface area contributed by atoms with Gasteiger partial charge in [0.15, 0.2) is 4.77 Å². The molecule has 0 saturated carbocycles. The van der Waals surface area contributed by atoms with E-state index >= 15 is 0 Å². The zero-order valence-electron chi connectivity index (χ0n) is 14.6. The van der Waals surface area contributed by atoms with Gasteiger partial charge in [0, 0.05) is 18.7 Å². The first-order valence-electron chi connectivity index (χ1n) is 8.35. The number of rotatable bonds is 6. The summed E-state index contributed by atoms with van der Waals surface area (Å²) in [5, 5.41) is 3.77. The first-order chi connectivity index (χ1) is 13.0. The number of hydrogen-bond donors (Lipinski definition) is 2. The number of hydrogen-bond acceptors (Lipinski definition) is 4. The highest BCUT2D eigenvalue weighted by Crippen LogP contribution is 2.27. The monoisotopic (exact) mass is 403 g/mol. The maximum atomic E-state index is 12.6. The average Bonchev–Trinajstić information content (AvgIpc) is 2.64.